The van der Waals surface area contributed by atoms with Gasteiger partial charge in [-0.25, -0.2) is 4.79 Å². The van der Waals surface area contributed by atoms with Gasteiger partial charge >= 0.3 is 5.69 Å². The highest BCUT2D eigenvalue weighted by Crippen LogP contribution is 2.31. The molecule has 0 saturated heterocycles. The third kappa shape index (κ3) is 1.83. The van der Waals surface area contributed by atoms with Gasteiger partial charge < -0.3 is 4.98 Å². The van der Waals surface area contributed by atoms with Crippen molar-refractivity contribution in [3.63, 3.8) is 0 Å². The van der Waals surface area contributed by atoms with Crippen LogP contribution in [0.25, 0.3) is 11.0 Å². The van der Waals surface area contributed by atoms with Gasteiger partial charge in [0.25, 0.3) is 0 Å². The summed E-state index contributed by atoms with van der Waals surface area (Å²) >= 11 is 6.51. The fourth-order valence-corrected chi connectivity index (χ4v) is 3.11. The van der Waals surface area contributed by atoms with Gasteiger partial charge in [-0.15, -0.1) is 6.58 Å². The van der Waals surface area contributed by atoms with Gasteiger partial charge in [-0.05, 0) is 18.6 Å². The van der Waals surface area contributed by atoms with Gasteiger partial charge in [0, 0.05) is 19.1 Å². The van der Waals surface area contributed by atoms with Crippen LogP contribution in [0, 0.1) is 0 Å². The number of benzene rings is 1. The normalized spacial score (nSPS) is 23.5. The fourth-order valence-electron chi connectivity index (χ4n) is 2.77. The maximum Gasteiger partial charge on any atom is 0.327 e. The molecule has 100 valence electrons. The van der Waals surface area contributed by atoms with Gasteiger partial charge in [-0.2, -0.15) is 0 Å². The van der Waals surface area contributed by atoms with Crippen molar-refractivity contribution in [2.24, 2.45) is 0 Å². The van der Waals surface area contributed by atoms with Crippen molar-refractivity contribution in [3.8, 4) is 0 Å². The van der Waals surface area contributed by atoms with Gasteiger partial charge in [0.15, 0.2) is 0 Å². The van der Waals surface area contributed by atoms with E-state index in [9.17, 15) is 4.79 Å². The molecule has 2 unspecified atom stereocenters. The zero-order valence-electron chi connectivity index (χ0n) is 10.8. The Kier molecular flexibility index (Phi) is 2.99. The van der Waals surface area contributed by atoms with Crippen molar-refractivity contribution in [2.45, 2.75) is 25.0 Å². The van der Waals surface area contributed by atoms with Crippen molar-refractivity contribution in [3.05, 3.63) is 46.9 Å². The van der Waals surface area contributed by atoms with Crippen LogP contribution in [0.4, 0.5) is 0 Å². The summed E-state index contributed by atoms with van der Waals surface area (Å²) in [5.74, 6) is 0. The van der Waals surface area contributed by atoms with Crippen molar-refractivity contribution in [1.82, 2.24) is 14.5 Å². The number of hydrogen-bond acceptors (Lipinski definition) is 2. The molecule has 0 radical (unpaired) electrons. The molecular weight excluding hydrogens is 262 g/mol. The van der Waals surface area contributed by atoms with Crippen LogP contribution >= 0.6 is 11.6 Å². The SMILES string of the molecule is C=CCN1Cc2cccc3[nH]c(=O)n(c23)C(Cl)C1C. The average Bonchev–Trinajstić information content (AvgIpc) is 2.68. The number of rotatable bonds is 2. The number of alkyl halides is 1. The molecular formula is C14H16ClN3O. The minimum absolute atomic E-state index is 0.0590. The Morgan fingerprint density at radius 1 is 1.58 bits per heavy atom. The second kappa shape index (κ2) is 4.54. The Labute approximate surface area is 116 Å². The summed E-state index contributed by atoms with van der Waals surface area (Å²) < 4.78 is 1.67. The first-order valence-electron chi connectivity index (χ1n) is 6.34. The molecule has 1 N–H and O–H groups in total. The maximum absolute atomic E-state index is 12.1. The summed E-state index contributed by atoms with van der Waals surface area (Å²) in [4.78, 5) is 17.2. The number of imidazole rings is 1. The lowest BCUT2D eigenvalue weighted by atomic mass is 10.1. The van der Waals surface area contributed by atoms with E-state index in [1.54, 1.807) is 4.57 Å². The summed E-state index contributed by atoms with van der Waals surface area (Å²) in [6.45, 7) is 7.35. The monoisotopic (exact) mass is 277 g/mol. The summed E-state index contributed by atoms with van der Waals surface area (Å²) in [7, 11) is 0. The van der Waals surface area contributed by atoms with Crippen LogP contribution in [-0.4, -0.2) is 27.0 Å². The Morgan fingerprint density at radius 3 is 3.11 bits per heavy atom. The van der Waals surface area contributed by atoms with Gasteiger partial charge in [0.05, 0.1) is 11.0 Å². The van der Waals surface area contributed by atoms with E-state index in [1.807, 2.05) is 31.2 Å². The maximum atomic E-state index is 12.1. The van der Waals surface area contributed by atoms with Crippen molar-refractivity contribution in [1.29, 1.82) is 0 Å². The van der Waals surface area contributed by atoms with Crippen LogP contribution in [0.15, 0.2) is 35.6 Å². The number of hydrogen-bond donors (Lipinski definition) is 1. The molecule has 1 aliphatic rings. The molecule has 0 spiro atoms. The quantitative estimate of drug-likeness (QED) is 0.677. The number of aromatic amines is 1. The van der Waals surface area contributed by atoms with Crippen LogP contribution in [-0.2, 0) is 6.54 Å². The molecule has 2 atom stereocenters. The van der Waals surface area contributed by atoms with Gasteiger partial charge in [0.2, 0.25) is 0 Å². The first kappa shape index (κ1) is 12.5. The van der Waals surface area contributed by atoms with Crippen molar-refractivity contribution < 1.29 is 0 Å². The van der Waals surface area contributed by atoms with Crippen LogP contribution in [0.2, 0.25) is 0 Å². The first-order chi connectivity index (χ1) is 9.13. The highest BCUT2D eigenvalue weighted by atomic mass is 35.5. The Morgan fingerprint density at radius 2 is 2.37 bits per heavy atom. The standard InChI is InChI=1S/C14H16ClN3O/c1-3-7-17-8-10-5-4-6-11-12(10)18(14(19)16-11)13(15)9(17)2/h3-6,9,13H,1,7-8H2,2H3,(H,16,19). The zero-order valence-corrected chi connectivity index (χ0v) is 11.5. The second-order valence-corrected chi connectivity index (χ2v) is 5.39. The van der Waals surface area contributed by atoms with E-state index in [0.717, 1.165) is 29.7 Å². The number of para-hydroxylation sites is 1. The lowest BCUT2D eigenvalue weighted by Crippen LogP contribution is -2.37. The number of aromatic nitrogens is 2. The molecule has 2 heterocycles. The predicted octanol–water partition coefficient (Wildman–Crippen LogP) is 2.46. The zero-order chi connectivity index (χ0) is 13.6. The molecule has 19 heavy (non-hydrogen) atoms. The molecule has 0 aliphatic carbocycles. The van der Waals surface area contributed by atoms with E-state index in [-0.39, 0.29) is 17.2 Å². The van der Waals surface area contributed by atoms with E-state index in [0.29, 0.717) is 0 Å². The highest BCUT2D eigenvalue weighted by molar-refractivity contribution is 6.20. The summed E-state index contributed by atoms with van der Waals surface area (Å²) in [6.07, 6.45) is 1.87. The molecule has 0 saturated carbocycles. The molecule has 4 nitrogen and oxygen atoms in total. The summed E-state index contributed by atoms with van der Waals surface area (Å²) in [5.41, 5.74) is 2.36. The van der Waals surface area contributed by atoms with Gasteiger partial charge in [-0.3, -0.25) is 9.47 Å². The largest absolute Gasteiger partial charge is 0.327 e. The molecule has 1 aromatic carbocycles. The van der Waals surface area contributed by atoms with Crippen LogP contribution in [0.5, 0.6) is 0 Å². The molecule has 0 amide bonds. The topological polar surface area (TPSA) is 41.0 Å². The molecule has 1 aliphatic heterocycles. The number of nitrogens with zero attached hydrogens (tertiary/aromatic N) is 2. The van der Waals surface area contributed by atoms with E-state index < -0.39 is 0 Å². The molecule has 3 rings (SSSR count). The third-order valence-corrected chi connectivity index (χ3v) is 4.34. The molecule has 1 aromatic heterocycles. The van der Waals surface area contributed by atoms with E-state index in [2.05, 4.69) is 16.5 Å². The van der Waals surface area contributed by atoms with E-state index in [1.165, 1.54) is 0 Å². The Hall–Kier alpha value is -1.52. The lowest BCUT2D eigenvalue weighted by Gasteiger charge is -2.28. The Balaban J connectivity index is 2.26. The van der Waals surface area contributed by atoms with E-state index >= 15 is 0 Å². The van der Waals surface area contributed by atoms with E-state index in [4.69, 9.17) is 11.6 Å². The number of nitrogens with one attached hydrogen (secondary N) is 1. The average molecular weight is 278 g/mol. The van der Waals surface area contributed by atoms with Gasteiger partial charge in [0.1, 0.15) is 5.50 Å². The number of H-pyrrole nitrogens is 1. The Bertz CT molecular complexity index is 688. The molecule has 5 heteroatoms. The van der Waals surface area contributed by atoms with Crippen LogP contribution in [0.3, 0.4) is 0 Å². The molecule has 0 fully saturated rings. The number of halogens is 1. The molecule has 0 bridgehead atoms. The highest BCUT2D eigenvalue weighted by Gasteiger charge is 2.30. The lowest BCUT2D eigenvalue weighted by molar-refractivity contribution is 0.204. The van der Waals surface area contributed by atoms with Gasteiger partial charge in [-0.1, -0.05) is 29.8 Å². The van der Waals surface area contributed by atoms with Crippen molar-refractivity contribution >= 4 is 22.6 Å². The fraction of sp³-hybridized carbons (Fsp3) is 0.357. The minimum Gasteiger partial charge on any atom is -0.305 e. The van der Waals surface area contributed by atoms with Crippen LogP contribution in [0.1, 0.15) is 18.0 Å². The first-order valence-corrected chi connectivity index (χ1v) is 6.78. The second-order valence-electron chi connectivity index (χ2n) is 4.94. The predicted molar refractivity (Wildman–Crippen MR) is 77.5 cm³/mol. The van der Waals surface area contributed by atoms with Crippen molar-refractivity contribution in [2.75, 3.05) is 6.54 Å². The third-order valence-electron chi connectivity index (χ3n) is 3.78. The minimum atomic E-state index is -0.384. The molecule has 2 aromatic rings. The van der Waals surface area contributed by atoms with Crippen LogP contribution < -0.4 is 5.69 Å². The summed E-state index contributed by atoms with van der Waals surface area (Å²) in [6, 6.07) is 5.98. The summed E-state index contributed by atoms with van der Waals surface area (Å²) in [5, 5.41) is 0. The smallest absolute Gasteiger partial charge is 0.305 e.